The Morgan fingerprint density at radius 1 is 1.38 bits per heavy atom. The number of carbonyl (C=O) groups excluding carboxylic acids is 1. The molecule has 0 spiro atoms. The molecule has 2 aromatic rings. The maximum atomic E-state index is 11.8. The van der Waals surface area contributed by atoms with E-state index in [1.54, 1.807) is 6.92 Å². The van der Waals surface area contributed by atoms with Gasteiger partial charge in [-0.15, -0.1) is 0 Å². The molecule has 2 aromatic heterocycles. The van der Waals surface area contributed by atoms with Crippen LogP contribution in [-0.2, 0) is 17.6 Å². The van der Waals surface area contributed by atoms with Gasteiger partial charge in [-0.1, -0.05) is 17.2 Å². The minimum atomic E-state index is -0.268. The summed E-state index contributed by atoms with van der Waals surface area (Å²) in [5.41, 5.74) is 0. The van der Waals surface area contributed by atoms with Crippen LogP contribution in [0.5, 0.6) is 0 Å². The third-order valence-corrected chi connectivity index (χ3v) is 2.92. The van der Waals surface area contributed by atoms with Gasteiger partial charge in [-0.2, -0.15) is 9.97 Å². The van der Waals surface area contributed by atoms with E-state index in [1.807, 2.05) is 0 Å². The highest BCUT2D eigenvalue weighted by Gasteiger charge is 2.13. The molecular weight excluding hydrogens is 274 g/mol. The zero-order valence-corrected chi connectivity index (χ0v) is 12.2. The van der Waals surface area contributed by atoms with E-state index in [2.05, 4.69) is 37.0 Å². The summed E-state index contributed by atoms with van der Waals surface area (Å²) in [6.45, 7) is 3.86. The minimum absolute atomic E-state index is 0.0689. The number of hydrogen-bond acceptors (Lipinski definition) is 7. The van der Waals surface area contributed by atoms with Gasteiger partial charge in [0.2, 0.25) is 18.2 Å². The van der Waals surface area contributed by atoms with E-state index in [1.165, 1.54) is 6.39 Å². The first-order chi connectivity index (χ1) is 10.2. The molecule has 21 heavy (non-hydrogen) atoms. The van der Waals surface area contributed by atoms with Crippen molar-refractivity contribution in [2.24, 2.45) is 0 Å². The van der Waals surface area contributed by atoms with Crippen molar-refractivity contribution in [3.05, 3.63) is 23.9 Å². The van der Waals surface area contributed by atoms with Crippen molar-refractivity contribution in [1.82, 2.24) is 25.6 Å². The molecule has 1 atom stereocenters. The van der Waals surface area contributed by atoms with Crippen LogP contribution in [0.25, 0.3) is 0 Å². The third-order valence-electron chi connectivity index (χ3n) is 2.92. The second kappa shape index (κ2) is 7.51. The number of hydrogen-bond donors (Lipinski definition) is 1. The van der Waals surface area contributed by atoms with E-state index in [-0.39, 0.29) is 11.9 Å². The van der Waals surface area contributed by atoms with Crippen LogP contribution < -0.4 is 5.32 Å². The number of aryl methyl sites for hydroxylation is 2. The van der Waals surface area contributed by atoms with Gasteiger partial charge >= 0.3 is 0 Å². The molecule has 0 aliphatic heterocycles. The van der Waals surface area contributed by atoms with E-state index in [0.717, 1.165) is 18.7 Å². The quantitative estimate of drug-likeness (QED) is 0.787. The van der Waals surface area contributed by atoms with E-state index in [4.69, 9.17) is 4.52 Å². The molecule has 114 valence electrons. The molecule has 8 heteroatoms. The van der Waals surface area contributed by atoms with Crippen molar-refractivity contribution in [2.75, 3.05) is 0 Å². The first-order valence-corrected chi connectivity index (χ1v) is 7.06. The molecule has 0 saturated heterocycles. The SMILES string of the molecule is CCCc1noc(CCCC(=O)N[C@@H](C)c2ncon2)n1. The summed E-state index contributed by atoms with van der Waals surface area (Å²) >= 11 is 0. The molecular formula is C13H19N5O3. The highest BCUT2D eigenvalue weighted by molar-refractivity contribution is 5.76. The average Bonchev–Trinajstić information content (AvgIpc) is 3.10. The Morgan fingerprint density at radius 2 is 2.24 bits per heavy atom. The fraction of sp³-hybridized carbons (Fsp3) is 0.615. The summed E-state index contributed by atoms with van der Waals surface area (Å²) in [5, 5.41) is 10.4. The van der Waals surface area contributed by atoms with Crippen molar-refractivity contribution in [2.45, 2.75) is 52.0 Å². The first kappa shape index (κ1) is 15.1. The maximum absolute atomic E-state index is 11.8. The van der Waals surface area contributed by atoms with Gasteiger partial charge in [0.1, 0.15) is 0 Å². The molecule has 2 rings (SSSR count). The van der Waals surface area contributed by atoms with Gasteiger partial charge in [-0.05, 0) is 19.8 Å². The van der Waals surface area contributed by atoms with Gasteiger partial charge in [0.05, 0.1) is 6.04 Å². The van der Waals surface area contributed by atoms with Crippen LogP contribution in [0.1, 0.15) is 56.7 Å². The van der Waals surface area contributed by atoms with E-state index >= 15 is 0 Å². The minimum Gasteiger partial charge on any atom is -0.346 e. The van der Waals surface area contributed by atoms with Gasteiger partial charge in [-0.25, -0.2) is 0 Å². The lowest BCUT2D eigenvalue weighted by molar-refractivity contribution is -0.121. The van der Waals surface area contributed by atoms with Crippen LogP contribution in [0.4, 0.5) is 0 Å². The topological polar surface area (TPSA) is 107 Å². The van der Waals surface area contributed by atoms with Gasteiger partial charge in [0.15, 0.2) is 11.6 Å². The van der Waals surface area contributed by atoms with E-state index < -0.39 is 0 Å². The summed E-state index contributed by atoms with van der Waals surface area (Å²) in [5.74, 6) is 1.70. The van der Waals surface area contributed by atoms with Crippen molar-refractivity contribution >= 4 is 5.91 Å². The van der Waals surface area contributed by atoms with Crippen molar-refractivity contribution in [3.63, 3.8) is 0 Å². The zero-order valence-electron chi connectivity index (χ0n) is 12.2. The van der Waals surface area contributed by atoms with Gasteiger partial charge in [-0.3, -0.25) is 4.79 Å². The van der Waals surface area contributed by atoms with Crippen molar-refractivity contribution < 1.29 is 13.8 Å². The lowest BCUT2D eigenvalue weighted by Crippen LogP contribution is -2.27. The molecule has 1 N–H and O–H groups in total. The second-order valence-corrected chi connectivity index (χ2v) is 4.79. The van der Waals surface area contributed by atoms with Crippen LogP contribution >= 0.6 is 0 Å². The number of nitrogens with one attached hydrogen (secondary N) is 1. The Labute approximate surface area is 122 Å². The number of aromatic nitrogens is 4. The standard InChI is InChI=1S/C13H19N5O3/c1-3-5-10-16-12(21-17-10)7-4-6-11(19)15-9(2)13-14-8-20-18-13/h8-9H,3-7H2,1-2H3,(H,15,19)/t9-/m0/s1. The molecule has 0 aliphatic rings. The summed E-state index contributed by atoms with van der Waals surface area (Å²) < 4.78 is 9.75. The van der Waals surface area contributed by atoms with Gasteiger partial charge < -0.3 is 14.4 Å². The van der Waals surface area contributed by atoms with E-state index in [0.29, 0.717) is 31.0 Å². The Bertz CT molecular complexity index is 552. The Kier molecular flexibility index (Phi) is 5.42. The molecule has 0 unspecified atom stereocenters. The average molecular weight is 293 g/mol. The van der Waals surface area contributed by atoms with Crippen LogP contribution in [0.3, 0.4) is 0 Å². The van der Waals surface area contributed by atoms with Crippen LogP contribution in [0, 0.1) is 0 Å². The lowest BCUT2D eigenvalue weighted by Gasteiger charge is -2.09. The summed E-state index contributed by atoms with van der Waals surface area (Å²) in [6, 6.07) is -0.268. The number of rotatable bonds is 8. The number of nitrogens with zero attached hydrogens (tertiary/aromatic N) is 4. The maximum Gasteiger partial charge on any atom is 0.226 e. The lowest BCUT2D eigenvalue weighted by atomic mass is 10.2. The highest BCUT2D eigenvalue weighted by Crippen LogP contribution is 2.08. The third kappa shape index (κ3) is 4.66. The predicted molar refractivity (Wildman–Crippen MR) is 72.1 cm³/mol. The Balaban J connectivity index is 1.69. The zero-order chi connectivity index (χ0) is 15.1. The molecule has 0 aromatic carbocycles. The molecule has 0 bridgehead atoms. The monoisotopic (exact) mass is 293 g/mol. The van der Waals surface area contributed by atoms with Crippen molar-refractivity contribution in [3.8, 4) is 0 Å². The summed E-state index contributed by atoms with van der Waals surface area (Å²) in [4.78, 5) is 19.9. The molecule has 0 radical (unpaired) electrons. The summed E-state index contributed by atoms with van der Waals surface area (Å²) in [7, 11) is 0. The largest absolute Gasteiger partial charge is 0.346 e. The fourth-order valence-electron chi connectivity index (χ4n) is 1.86. The normalized spacial score (nSPS) is 12.3. The van der Waals surface area contributed by atoms with Gasteiger partial charge in [0, 0.05) is 19.3 Å². The molecule has 0 aliphatic carbocycles. The number of carbonyl (C=O) groups is 1. The second-order valence-electron chi connectivity index (χ2n) is 4.79. The molecule has 0 fully saturated rings. The number of amides is 1. The van der Waals surface area contributed by atoms with E-state index in [9.17, 15) is 4.79 Å². The van der Waals surface area contributed by atoms with Crippen LogP contribution in [-0.4, -0.2) is 26.2 Å². The van der Waals surface area contributed by atoms with Crippen LogP contribution in [0.15, 0.2) is 15.4 Å². The smallest absolute Gasteiger partial charge is 0.226 e. The highest BCUT2D eigenvalue weighted by atomic mass is 16.5. The molecule has 0 saturated carbocycles. The molecule has 8 nitrogen and oxygen atoms in total. The van der Waals surface area contributed by atoms with Crippen molar-refractivity contribution in [1.29, 1.82) is 0 Å². The summed E-state index contributed by atoms with van der Waals surface area (Å²) in [6.07, 6.45) is 4.66. The first-order valence-electron chi connectivity index (χ1n) is 7.06. The van der Waals surface area contributed by atoms with Gasteiger partial charge in [0.25, 0.3) is 0 Å². The Morgan fingerprint density at radius 3 is 2.95 bits per heavy atom. The Hall–Kier alpha value is -2.25. The molecule has 2 heterocycles. The van der Waals surface area contributed by atoms with Crippen LogP contribution in [0.2, 0.25) is 0 Å². The fourth-order valence-corrected chi connectivity index (χ4v) is 1.86. The predicted octanol–water partition coefficient (Wildman–Crippen LogP) is 1.61. The molecule has 1 amide bonds.